The molecule has 0 atom stereocenters. The van der Waals surface area contributed by atoms with Crippen LogP contribution in [0.1, 0.15) is 17.5 Å². The minimum absolute atomic E-state index is 0.00424. The molecule has 0 aromatic heterocycles. The quantitative estimate of drug-likeness (QED) is 0.838. The Morgan fingerprint density at radius 2 is 2.00 bits per heavy atom. The molecule has 0 saturated carbocycles. The highest BCUT2D eigenvalue weighted by Gasteiger charge is 2.06. The van der Waals surface area contributed by atoms with Gasteiger partial charge in [0, 0.05) is 12.1 Å². The van der Waals surface area contributed by atoms with Gasteiger partial charge in [-0.05, 0) is 42.7 Å². The van der Waals surface area contributed by atoms with Crippen molar-refractivity contribution in [1.82, 2.24) is 0 Å². The highest BCUT2D eigenvalue weighted by Crippen LogP contribution is 2.26. The Morgan fingerprint density at radius 1 is 1.25 bits per heavy atom. The molecule has 0 bridgehead atoms. The average molecular weight is 290 g/mol. The second-order valence-corrected chi connectivity index (χ2v) is 5.05. The van der Waals surface area contributed by atoms with Crippen molar-refractivity contribution in [3.05, 3.63) is 58.6 Å². The van der Waals surface area contributed by atoms with Crippen LogP contribution in [0, 0.1) is 6.92 Å². The molecule has 0 aliphatic carbocycles. The van der Waals surface area contributed by atoms with E-state index in [0.717, 1.165) is 0 Å². The number of hydrogen-bond donors (Lipinski definition) is 2. The van der Waals surface area contributed by atoms with Crippen LogP contribution in [0.15, 0.2) is 42.5 Å². The van der Waals surface area contributed by atoms with Gasteiger partial charge in [0.25, 0.3) is 0 Å². The fraction of sp³-hybridized carbons (Fsp3) is 0.188. The fourth-order valence-electron chi connectivity index (χ4n) is 1.95. The zero-order valence-electron chi connectivity index (χ0n) is 11.2. The third-order valence-electron chi connectivity index (χ3n) is 3.11. The van der Waals surface area contributed by atoms with Crippen molar-refractivity contribution in [2.24, 2.45) is 0 Å². The summed E-state index contributed by atoms with van der Waals surface area (Å²) in [5.41, 5.74) is 2.95. The van der Waals surface area contributed by atoms with Crippen LogP contribution >= 0.6 is 11.6 Å². The standard InChI is InChI=1S/C16H16ClNO2/c1-11-4-2-3-5-12(11)6-9-16(20)18-13-7-8-15(19)14(17)10-13/h2-5,7-8,10,19H,6,9H2,1H3,(H,18,20). The Labute approximate surface area is 123 Å². The summed E-state index contributed by atoms with van der Waals surface area (Å²) in [6.07, 6.45) is 1.10. The van der Waals surface area contributed by atoms with Crippen molar-refractivity contribution in [2.45, 2.75) is 19.8 Å². The van der Waals surface area contributed by atoms with Crippen LogP contribution in [0.25, 0.3) is 0 Å². The maximum atomic E-state index is 11.9. The number of carbonyl (C=O) groups excluding carboxylic acids is 1. The first-order valence-electron chi connectivity index (χ1n) is 6.39. The van der Waals surface area contributed by atoms with Gasteiger partial charge in [0.05, 0.1) is 5.02 Å². The molecule has 0 heterocycles. The lowest BCUT2D eigenvalue weighted by atomic mass is 10.0. The van der Waals surface area contributed by atoms with Gasteiger partial charge in [0.2, 0.25) is 5.91 Å². The summed E-state index contributed by atoms with van der Waals surface area (Å²) < 4.78 is 0. The SMILES string of the molecule is Cc1ccccc1CCC(=O)Nc1ccc(O)c(Cl)c1. The third kappa shape index (κ3) is 3.75. The molecule has 1 amide bonds. The summed E-state index contributed by atoms with van der Waals surface area (Å²) in [6, 6.07) is 12.6. The molecule has 0 aliphatic heterocycles. The van der Waals surface area contributed by atoms with Crippen molar-refractivity contribution in [3.8, 4) is 5.75 Å². The Balaban J connectivity index is 1.93. The molecular formula is C16H16ClNO2. The molecule has 0 fully saturated rings. The summed E-state index contributed by atoms with van der Waals surface area (Å²) in [4.78, 5) is 11.9. The summed E-state index contributed by atoms with van der Waals surface area (Å²) >= 11 is 5.79. The molecule has 2 aromatic carbocycles. The lowest BCUT2D eigenvalue weighted by molar-refractivity contribution is -0.116. The monoisotopic (exact) mass is 289 g/mol. The maximum Gasteiger partial charge on any atom is 0.224 e. The van der Waals surface area contributed by atoms with Gasteiger partial charge >= 0.3 is 0 Å². The van der Waals surface area contributed by atoms with E-state index in [1.165, 1.54) is 23.3 Å². The largest absolute Gasteiger partial charge is 0.506 e. The first-order valence-corrected chi connectivity index (χ1v) is 6.77. The third-order valence-corrected chi connectivity index (χ3v) is 3.42. The molecule has 0 radical (unpaired) electrons. The van der Waals surface area contributed by atoms with Crippen molar-refractivity contribution < 1.29 is 9.90 Å². The Morgan fingerprint density at radius 3 is 2.70 bits per heavy atom. The summed E-state index contributed by atoms with van der Waals surface area (Å²) in [5, 5.41) is 12.3. The van der Waals surface area contributed by atoms with E-state index in [0.29, 0.717) is 18.5 Å². The van der Waals surface area contributed by atoms with E-state index in [4.69, 9.17) is 11.6 Å². The molecule has 2 aromatic rings. The van der Waals surface area contributed by atoms with E-state index in [1.54, 1.807) is 6.07 Å². The predicted octanol–water partition coefficient (Wildman–Crippen LogP) is 3.93. The minimum atomic E-state index is -0.0741. The van der Waals surface area contributed by atoms with E-state index < -0.39 is 0 Å². The van der Waals surface area contributed by atoms with E-state index in [-0.39, 0.29) is 16.7 Å². The lowest BCUT2D eigenvalue weighted by Crippen LogP contribution is -2.12. The van der Waals surface area contributed by atoms with Crippen LogP contribution in [0.4, 0.5) is 5.69 Å². The summed E-state index contributed by atoms with van der Waals surface area (Å²) in [7, 11) is 0. The average Bonchev–Trinajstić information content (AvgIpc) is 2.42. The second kappa shape index (κ2) is 6.44. The van der Waals surface area contributed by atoms with Gasteiger partial charge in [-0.15, -0.1) is 0 Å². The topological polar surface area (TPSA) is 49.3 Å². The molecule has 4 heteroatoms. The van der Waals surface area contributed by atoms with Crippen molar-refractivity contribution >= 4 is 23.2 Å². The number of halogens is 1. The number of nitrogens with one attached hydrogen (secondary N) is 1. The Hall–Kier alpha value is -2.00. The number of rotatable bonds is 4. The predicted molar refractivity (Wildman–Crippen MR) is 81.2 cm³/mol. The highest BCUT2D eigenvalue weighted by molar-refractivity contribution is 6.32. The molecule has 2 N–H and O–H groups in total. The molecule has 3 nitrogen and oxygen atoms in total. The summed E-state index contributed by atoms with van der Waals surface area (Å²) in [5.74, 6) is -0.0698. The molecule has 0 spiro atoms. The molecule has 0 aliphatic rings. The van der Waals surface area contributed by atoms with E-state index in [9.17, 15) is 9.90 Å². The van der Waals surface area contributed by atoms with Crippen molar-refractivity contribution in [3.63, 3.8) is 0 Å². The van der Waals surface area contributed by atoms with Gasteiger partial charge in [-0.2, -0.15) is 0 Å². The Kier molecular flexibility index (Phi) is 4.64. The molecular weight excluding hydrogens is 274 g/mol. The molecule has 0 saturated heterocycles. The van der Waals surface area contributed by atoms with Gasteiger partial charge in [0.15, 0.2) is 0 Å². The zero-order chi connectivity index (χ0) is 14.5. The Bertz CT molecular complexity index is 626. The number of aryl methyl sites for hydroxylation is 2. The number of amides is 1. The zero-order valence-corrected chi connectivity index (χ0v) is 11.9. The van der Waals surface area contributed by atoms with Crippen LogP contribution in [-0.2, 0) is 11.2 Å². The summed E-state index contributed by atoms with van der Waals surface area (Å²) in [6.45, 7) is 2.03. The number of phenolic OH excluding ortho intramolecular Hbond substituents is 1. The van der Waals surface area contributed by atoms with Crippen LogP contribution in [0.2, 0.25) is 5.02 Å². The fourth-order valence-corrected chi connectivity index (χ4v) is 2.13. The number of hydrogen-bond acceptors (Lipinski definition) is 2. The van der Waals surface area contributed by atoms with Gasteiger partial charge < -0.3 is 10.4 Å². The van der Waals surface area contributed by atoms with Gasteiger partial charge in [-0.1, -0.05) is 35.9 Å². The van der Waals surface area contributed by atoms with E-state index in [2.05, 4.69) is 5.32 Å². The number of anilines is 1. The second-order valence-electron chi connectivity index (χ2n) is 4.64. The molecule has 104 valence electrons. The number of carbonyl (C=O) groups is 1. The van der Waals surface area contributed by atoms with E-state index in [1.807, 2.05) is 31.2 Å². The van der Waals surface area contributed by atoms with Gasteiger partial charge in [-0.25, -0.2) is 0 Å². The van der Waals surface area contributed by atoms with Crippen molar-refractivity contribution in [2.75, 3.05) is 5.32 Å². The molecule has 0 unspecified atom stereocenters. The van der Waals surface area contributed by atoms with Crippen LogP contribution in [0.5, 0.6) is 5.75 Å². The first kappa shape index (κ1) is 14.4. The normalized spacial score (nSPS) is 10.3. The smallest absolute Gasteiger partial charge is 0.224 e. The maximum absolute atomic E-state index is 11.9. The molecule has 20 heavy (non-hydrogen) atoms. The van der Waals surface area contributed by atoms with Crippen LogP contribution < -0.4 is 5.32 Å². The minimum Gasteiger partial charge on any atom is -0.506 e. The first-order chi connectivity index (χ1) is 9.56. The molecule has 2 rings (SSSR count). The van der Waals surface area contributed by atoms with Crippen molar-refractivity contribution in [1.29, 1.82) is 0 Å². The highest BCUT2D eigenvalue weighted by atomic mass is 35.5. The number of phenols is 1. The van der Waals surface area contributed by atoms with Crippen LogP contribution in [-0.4, -0.2) is 11.0 Å². The van der Waals surface area contributed by atoms with Gasteiger partial charge in [0.1, 0.15) is 5.75 Å². The van der Waals surface area contributed by atoms with Gasteiger partial charge in [-0.3, -0.25) is 4.79 Å². The number of aromatic hydroxyl groups is 1. The van der Waals surface area contributed by atoms with E-state index >= 15 is 0 Å². The number of benzene rings is 2. The van der Waals surface area contributed by atoms with Crippen LogP contribution in [0.3, 0.4) is 0 Å². The lowest BCUT2D eigenvalue weighted by Gasteiger charge is -2.08.